The average Bonchev–Trinajstić information content (AvgIpc) is 2.92. The minimum atomic E-state index is 0.374. The van der Waals surface area contributed by atoms with Crippen molar-refractivity contribution >= 4 is 11.3 Å². The Morgan fingerprint density at radius 1 is 1.15 bits per heavy atom. The van der Waals surface area contributed by atoms with E-state index in [0.29, 0.717) is 12.1 Å². The first kappa shape index (κ1) is 15.2. The first-order valence-corrected chi connectivity index (χ1v) is 7.96. The number of thiophene rings is 1. The van der Waals surface area contributed by atoms with Crippen molar-refractivity contribution in [1.82, 2.24) is 10.2 Å². The maximum absolute atomic E-state index is 3.67. The van der Waals surface area contributed by atoms with E-state index in [4.69, 9.17) is 0 Å². The molecule has 0 spiro atoms. The van der Waals surface area contributed by atoms with Gasteiger partial charge in [0.25, 0.3) is 0 Å². The second-order valence-electron chi connectivity index (χ2n) is 5.48. The molecular weight excluding hydrogens is 264 g/mol. The standard InChI is InChI=1S/C17H24N2S/c1-13-8-5-6-9-15(13)14(2)18-12-16(19(3)4)17-10-7-11-20-17/h5-11,14,16,18H,12H2,1-4H3. The summed E-state index contributed by atoms with van der Waals surface area (Å²) in [6.45, 7) is 5.38. The fourth-order valence-electron chi connectivity index (χ4n) is 2.49. The van der Waals surface area contributed by atoms with Crippen LogP contribution in [0.3, 0.4) is 0 Å². The molecule has 2 rings (SSSR count). The van der Waals surface area contributed by atoms with E-state index in [0.717, 1.165) is 6.54 Å². The first-order chi connectivity index (χ1) is 9.59. The molecule has 2 aromatic rings. The van der Waals surface area contributed by atoms with Gasteiger partial charge >= 0.3 is 0 Å². The lowest BCUT2D eigenvalue weighted by Crippen LogP contribution is -2.32. The summed E-state index contributed by atoms with van der Waals surface area (Å²) in [4.78, 5) is 3.70. The van der Waals surface area contributed by atoms with Gasteiger partial charge in [-0.05, 0) is 50.5 Å². The van der Waals surface area contributed by atoms with E-state index in [1.165, 1.54) is 16.0 Å². The lowest BCUT2D eigenvalue weighted by atomic mass is 10.0. The molecule has 0 saturated carbocycles. The molecule has 2 unspecified atom stereocenters. The molecule has 2 atom stereocenters. The Bertz CT molecular complexity index is 520. The second-order valence-corrected chi connectivity index (χ2v) is 6.46. The quantitative estimate of drug-likeness (QED) is 0.864. The van der Waals surface area contributed by atoms with Crippen LogP contribution in [0, 0.1) is 6.92 Å². The van der Waals surface area contributed by atoms with Crippen molar-refractivity contribution in [2.75, 3.05) is 20.6 Å². The zero-order valence-electron chi connectivity index (χ0n) is 12.8. The van der Waals surface area contributed by atoms with E-state index < -0.39 is 0 Å². The van der Waals surface area contributed by atoms with Crippen LogP contribution in [0.15, 0.2) is 41.8 Å². The van der Waals surface area contributed by atoms with Gasteiger partial charge in [-0.1, -0.05) is 30.3 Å². The molecule has 0 aliphatic carbocycles. The molecule has 20 heavy (non-hydrogen) atoms. The molecule has 0 fully saturated rings. The zero-order chi connectivity index (χ0) is 14.5. The Morgan fingerprint density at radius 2 is 1.90 bits per heavy atom. The van der Waals surface area contributed by atoms with Crippen molar-refractivity contribution in [1.29, 1.82) is 0 Å². The summed E-state index contributed by atoms with van der Waals surface area (Å²) in [5.41, 5.74) is 2.74. The van der Waals surface area contributed by atoms with Crippen LogP contribution >= 0.6 is 11.3 Å². The van der Waals surface area contributed by atoms with Crippen molar-refractivity contribution in [3.63, 3.8) is 0 Å². The molecule has 0 amide bonds. The lowest BCUT2D eigenvalue weighted by molar-refractivity contribution is 0.285. The van der Waals surface area contributed by atoms with E-state index >= 15 is 0 Å². The Hall–Kier alpha value is -1.16. The zero-order valence-corrected chi connectivity index (χ0v) is 13.6. The maximum atomic E-state index is 3.67. The molecule has 108 valence electrons. The highest BCUT2D eigenvalue weighted by molar-refractivity contribution is 7.10. The molecule has 1 N–H and O–H groups in total. The van der Waals surface area contributed by atoms with E-state index in [2.05, 4.69) is 79.9 Å². The summed E-state index contributed by atoms with van der Waals surface area (Å²) in [6, 6.07) is 13.7. The topological polar surface area (TPSA) is 15.3 Å². The second kappa shape index (κ2) is 7.02. The van der Waals surface area contributed by atoms with Gasteiger partial charge in [-0.15, -0.1) is 11.3 Å². The predicted molar refractivity (Wildman–Crippen MR) is 88.3 cm³/mol. The van der Waals surface area contributed by atoms with Gasteiger partial charge in [-0.25, -0.2) is 0 Å². The molecular formula is C17H24N2S. The van der Waals surface area contributed by atoms with E-state index in [-0.39, 0.29) is 0 Å². The molecule has 1 aromatic heterocycles. The van der Waals surface area contributed by atoms with Crippen molar-refractivity contribution in [3.05, 3.63) is 57.8 Å². The molecule has 0 bridgehead atoms. The highest BCUT2D eigenvalue weighted by Gasteiger charge is 2.16. The first-order valence-electron chi connectivity index (χ1n) is 7.08. The smallest absolute Gasteiger partial charge is 0.0561 e. The van der Waals surface area contributed by atoms with Gasteiger partial charge in [0, 0.05) is 17.5 Å². The maximum Gasteiger partial charge on any atom is 0.0561 e. The third-order valence-electron chi connectivity index (χ3n) is 3.77. The molecule has 3 heteroatoms. The van der Waals surface area contributed by atoms with Gasteiger partial charge in [0.2, 0.25) is 0 Å². The Labute approximate surface area is 126 Å². The van der Waals surface area contributed by atoms with Crippen LogP contribution in [0.2, 0.25) is 0 Å². The summed E-state index contributed by atoms with van der Waals surface area (Å²) >= 11 is 1.83. The van der Waals surface area contributed by atoms with Crippen molar-refractivity contribution in [3.8, 4) is 0 Å². The number of hydrogen-bond acceptors (Lipinski definition) is 3. The molecule has 2 nitrogen and oxygen atoms in total. The number of hydrogen-bond donors (Lipinski definition) is 1. The van der Waals surface area contributed by atoms with Gasteiger partial charge in [0.05, 0.1) is 6.04 Å². The number of aryl methyl sites for hydroxylation is 1. The number of nitrogens with zero attached hydrogens (tertiary/aromatic N) is 1. The number of nitrogens with one attached hydrogen (secondary N) is 1. The highest BCUT2D eigenvalue weighted by atomic mass is 32.1. The monoisotopic (exact) mass is 288 g/mol. The molecule has 0 aliphatic heterocycles. The highest BCUT2D eigenvalue weighted by Crippen LogP contribution is 2.24. The van der Waals surface area contributed by atoms with Crippen LogP contribution in [-0.2, 0) is 0 Å². The molecule has 0 saturated heterocycles. The third-order valence-corrected chi connectivity index (χ3v) is 4.74. The minimum absolute atomic E-state index is 0.374. The van der Waals surface area contributed by atoms with Crippen LogP contribution in [0.5, 0.6) is 0 Å². The van der Waals surface area contributed by atoms with Crippen LogP contribution in [0.25, 0.3) is 0 Å². The van der Waals surface area contributed by atoms with Gasteiger partial charge in [0.1, 0.15) is 0 Å². The van der Waals surface area contributed by atoms with Gasteiger partial charge in [-0.2, -0.15) is 0 Å². The molecule has 0 radical (unpaired) electrons. The molecule has 1 aromatic carbocycles. The fourth-order valence-corrected chi connectivity index (χ4v) is 3.41. The van der Waals surface area contributed by atoms with Crippen LogP contribution < -0.4 is 5.32 Å². The predicted octanol–water partition coefficient (Wildman–Crippen LogP) is 4.01. The third kappa shape index (κ3) is 3.69. The van der Waals surface area contributed by atoms with E-state index in [1.807, 2.05) is 11.3 Å². The number of rotatable bonds is 6. The summed E-state index contributed by atoms with van der Waals surface area (Å²) in [7, 11) is 4.29. The lowest BCUT2D eigenvalue weighted by Gasteiger charge is -2.26. The van der Waals surface area contributed by atoms with Crippen molar-refractivity contribution in [2.24, 2.45) is 0 Å². The Morgan fingerprint density at radius 3 is 2.50 bits per heavy atom. The van der Waals surface area contributed by atoms with Crippen molar-refractivity contribution < 1.29 is 0 Å². The molecule has 1 heterocycles. The molecule has 0 aliphatic rings. The SMILES string of the molecule is Cc1ccccc1C(C)NCC(c1cccs1)N(C)C. The van der Waals surface area contributed by atoms with Crippen LogP contribution in [0.1, 0.15) is 35.0 Å². The van der Waals surface area contributed by atoms with Crippen LogP contribution in [-0.4, -0.2) is 25.5 Å². The number of likely N-dealkylation sites (N-methyl/N-ethyl adjacent to an activating group) is 1. The van der Waals surface area contributed by atoms with Gasteiger partial charge < -0.3 is 10.2 Å². The summed E-state index contributed by atoms with van der Waals surface area (Å²) in [5, 5.41) is 5.82. The van der Waals surface area contributed by atoms with E-state index in [9.17, 15) is 0 Å². The Balaban J connectivity index is 2.01. The van der Waals surface area contributed by atoms with Gasteiger partial charge in [0.15, 0.2) is 0 Å². The summed E-state index contributed by atoms with van der Waals surface area (Å²) in [5.74, 6) is 0. The Kier molecular flexibility index (Phi) is 5.35. The van der Waals surface area contributed by atoms with Crippen molar-refractivity contribution in [2.45, 2.75) is 25.9 Å². The van der Waals surface area contributed by atoms with Crippen LogP contribution in [0.4, 0.5) is 0 Å². The van der Waals surface area contributed by atoms with Gasteiger partial charge in [-0.3, -0.25) is 0 Å². The average molecular weight is 288 g/mol. The van der Waals surface area contributed by atoms with E-state index in [1.54, 1.807) is 0 Å². The fraction of sp³-hybridized carbons (Fsp3) is 0.412. The minimum Gasteiger partial charge on any atom is -0.308 e. The number of benzene rings is 1. The summed E-state index contributed by atoms with van der Waals surface area (Å²) < 4.78 is 0. The summed E-state index contributed by atoms with van der Waals surface area (Å²) in [6.07, 6.45) is 0. The normalized spacial score (nSPS) is 14.4. The largest absolute Gasteiger partial charge is 0.308 e.